The van der Waals surface area contributed by atoms with Crippen LogP contribution in [0, 0.1) is 6.92 Å². The van der Waals surface area contributed by atoms with Crippen LogP contribution in [0.4, 0.5) is 16.2 Å². The fraction of sp³-hybridized carbons (Fsp3) is 0.190. The van der Waals surface area contributed by atoms with Crippen LogP contribution >= 0.6 is 27.7 Å². The molecule has 6 nitrogen and oxygen atoms in total. The number of benzene rings is 2. The molecule has 1 fully saturated rings. The number of halogens is 1. The van der Waals surface area contributed by atoms with Crippen LogP contribution in [-0.2, 0) is 9.59 Å². The summed E-state index contributed by atoms with van der Waals surface area (Å²) in [5.74, 6) is -0.881. The van der Waals surface area contributed by atoms with Gasteiger partial charge in [-0.3, -0.25) is 19.3 Å². The van der Waals surface area contributed by atoms with Crippen molar-refractivity contribution in [2.75, 3.05) is 30.9 Å². The van der Waals surface area contributed by atoms with Crippen molar-refractivity contribution in [2.24, 2.45) is 0 Å². The number of aryl methyl sites for hydroxylation is 1. The number of carbonyl (C=O) groups is 3. The largest absolute Gasteiger partial charge is 0.377 e. The number of thioether (sulfide) groups is 1. The first-order valence-electron chi connectivity index (χ1n) is 8.84. The first-order chi connectivity index (χ1) is 13.8. The maximum Gasteiger partial charge on any atom is 0.294 e. The van der Waals surface area contributed by atoms with Crippen LogP contribution < -0.4 is 10.2 Å². The van der Waals surface area contributed by atoms with Crippen molar-refractivity contribution < 1.29 is 14.4 Å². The number of rotatable bonds is 5. The summed E-state index contributed by atoms with van der Waals surface area (Å²) in [6, 6.07) is 13.0. The van der Waals surface area contributed by atoms with Gasteiger partial charge in [-0.15, -0.1) is 0 Å². The van der Waals surface area contributed by atoms with Crippen LogP contribution in [0.15, 0.2) is 51.8 Å². The molecule has 8 heteroatoms. The Balaban J connectivity index is 1.72. The van der Waals surface area contributed by atoms with Gasteiger partial charge in [0.2, 0.25) is 5.91 Å². The number of hydrogen-bond acceptors (Lipinski definition) is 5. The molecule has 1 heterocycles. The summed E-state index contributed by atoms with van der Waals surface area (Å²) < 4.78 is 0.882. The Morgan fingerprint density at radius 2 is 1.93 bits per heavy atom. The Kier molecular flexibility index (Phi) is 6.44. The third kappa shape index (κ3) is 4.89. The van der Waals surface area contributed by atoms with Crippen molar-refractivity contribution in [1.29, 1.82) is 0 Å². The molecule has 0 saturated carbocycles. The Morgan fingerprint density at radius 3 is 2.59 bits per heavy atom. The van der Waals surface area contributed by atoms with E-state index in [2.05, 4.69) is 21.2 Å². The molecule has 150 valence electrons. The number of nitrogens with zero attached hydrogens (tertiary/aromatic N) is 2. The summed E-state index contributed by atoms with van der Waals surface area (Å²) in [6.45, 7) is 1.55. The van der Waals surface area contributed by atoms with Crippen LogP contribution in [0.25, 0.3) is 6.08 Å². The minimum Gasteiger partial charge on any atom is -0.377 e. The van der Waals surface area contributed by atoms with E-state index in [0.717, 1.165) is 37.9 Å². The summed E-state index contributed by atoms with van der Waals surface area (Å²) in [7, 11) is 3.88. The molecule has 0 aliphatic carbocycles. The van der Waals surface area contributed by atoms with Gasteiger partial charge in [0.25, 0.3) is 11.1 Å². The number of nitrogens with one attached hydrogen (secondary N) is 1. The number of anilines is 2. The number of hydrogen-bond donors (Lipinski definition) is 1. The molecule has 0 bridgehead atoms. The second-order valence-corrected chi connectivity index (χ2v) is 8.58. The second kappa shape index (κ2) is 8.84. The SMILES string of the molecule is Cc1ccccc1NC(=O)CN1C(=O)S/C(=C\c2ccc(N(C)C)c(Br)c2)C1=O. The normalized spacial score (nSPS) is 15.2. The quantitative estimate of drug-likeness (QED) is 0.647. The third-order valence-corrected chi connectivity index (χ3v) is 5.89. The van der Waals surface area contributed by atoms with Gasteiger partial charge in [0, 0.05) is 24.3 Å². The summed E-state index contributed by atoms with van der Waals surface area (Å²) in [6.07, 6.45) is 1.66. The number of imide groups is 1. The molecule has 0 spiro atoms. The van der Waals surface area contributed by atoms with Crippen molar-refractivity contribution in [1.82, 2.24) is 4.90 Å². The maximum atomic E-state index is 12.7. The molecule has 1 aliphatic heterocycles. The molecule has 2 aromatic carbocycles. The van der Waals surface area contributed by atoms with Crippen molar-refractivity contribution in [3.05, 3.63) is 63.0 Å². The molecule has 0 aromatic heterocycles. The van der Waals surface area contributed by atoms with Gasteiger partial charge in [-0.1, -0.05) is 24.3 Å². The van der Waals surface area contributed by atoms with E-state index in [-0.39, 0.29) is 6.54 Å². The first kappa shape index (κ1) is 21.1. The van der Waals surface area contributed by atoms with E-state index in [4.69, 9.17) is 0 Å². The Hall–Kier alpha value is -2.58. The lowest BCUT2D eigenvalue weighted by Gasteiger charge is -2.15. The van der Waals surface area contributed by atoms with Crippen molar-refractivity contribution >= 4 is 62.2 Å². The number of amides is 3. The molecule has 1 N–H and O–H groups in total. The zero-order valence-electron chi connectivity index (χ0n) is 16.2. The highest BCUT2D eigenvalue weighted by atomic mass is 79.9. The molecule has 2 aromatic rings. The average Bonchev–Trinajstić information content (AvgIpc) is 2.91. The maximum absolute atomic E-state index is 12.7. The van der Waals surface area contributed by atoms with Gasteiger partial charge >= 0.3 is 0 Å². The Morgan fingerprint density at radius 1 is 1.21 bits per heavy atom. The lowest BCUT2D eigenvalue weighted by Crippen LogP contribution is -2.36. The zero-order valence-corrected chi connectivity index (χ0v) is 18.6. The predicted octanol–water partition coefficient (Wildman–Crippen LogP) is 4.50. The second-order valence-electron chi connectivity index (χ2n) is 6.74. The molecule has 3 amide bonds. The van der Waals surface area contributed by atoms with Gasteiger partial charge in [0.05, 0.1) is 10.6 Å². The van der Waals surface area contributed by atoms with Crippen LogP contribution in [0.1, 0.15) is 11.1 Å². The van der Waals surface area contributed by atoms with Crippen LogP contribution in [0.5, 0.6) is 0 Å². The monoisotopic (exact) mass is 473 g/mol. The van der Waals surface area contributed by atoms with Crippen LogP contribution in [0.3, 0.4) is 0 Å². The topological polar surface area (TPSA) is 69.7 Å². The fourth-order valence-electron chi connectivity index (χ4n) is 2.81. The van der Waals surface area contributed by atoms with Gasteiger partial charge in [-0.2, -0.15) is 0 Å². The minimum absolute atomic E-state index is 0.295. The zero-order chi connectivity index (χ0) is 21.1. The van der Waals surface area contributed by atoms with Crippen molar-refractivity contribution in [3.63, 3.8) is 0 Å². The van der Waals surface area contributed by atoms with E-state index in [1.54, 1.807) is 12.1 Å². The Labute approximate surface area is 182 Å². The third-order valence-electron chi connectivity index (χ3n) is 4.35. The van der Waals surface area contributed by atoms with Gasteiger partial charge in [-0.05, 0) is 70.0 Å². The molecule has 3 rings (SSSR count). The highest BCUT2D eigenvalue weighted by molar-refractivity contribution is 9.10. The smallest absolute Gasteiger partial charge is 0.294 e. The lowest BCUT2D eigenvalue weighted by atomic mass is 10.2. The van der Waals surface area contributed by atoms with Gasteiger partial charge in [0.15, 0.2) is 0 Å². The molecule has 29 heavy (non-hydrogen) atoms. The van der Waals surface area contributed by atoms with Crippen LogP contribution in [-0.4, -0.2) is 42.6 Å². The van der Waals surface area contributed by atoms with E-state index in [9.17, 15) is 14.4 Å². The van der Waals surface area contributed by atoms with Crippen LogP contribution in [0.2, 0.25) is 0 Å². The highest BCUT2D eigenvalue weighted by Crippen LogP contribution is 2.33. The molecule has 0 atom stereocenters. The molecular weight excluding hydrogens is 454 g/mol. The van der Waals surface area contributed by atoms with E-state index in [1.165, 1.54) is 0 Å². The fourth-order valence-corrected chi connectivity index (χ4v) is 4.40. The van der Waals surface area contributed by atoms with E-state index in [1.807, 2.05) is 62.3 Å². The minimum atomic E-state index is -0.465. The number of para-hydroxylation sites is 1. The Bertz CT molecular complexity index is 1020. The summed E-state index contributed by atoms with van der Waals surface area (Å²) in [5.41, 5.74) is 3.35. The summed E-state index contributed by atoms with van der Waals surface area (Å²) >= 11 is 4.35. The predicted molar refractivity (Wildman–Crippen MR) is 121 cm³/mol. The highest BCUT2D eigenvalue weighted by Gasteiger charge is 2.36. The summed E-state index contributed by atoms with van der Waals surface area (Å²) in [5, 5.41) is 2.29. The summed E-state index contributed by atoms with van der Waals surface area (Å²) in [4.78, 5) is 40.5. The van der Waals surface area contributed by atoms with E-state index in [0.29, 0.717) is 10.6 Å². The molecule has 1 saturated heterocycles. The van der Waals surface area contributed by atoms with Gasteiger partial charge in [0.1, 0.15) is 6.54 Å². The molecule has 1 aliphatic rings. The van der Waals surface area contributed by atoms with E-state index >= 15 is 0 Å². The standard InChI is InChI=1S/C21H20BrN3O3S/c1-13-6-4-5-7-16(13)23-19(26)12-25-20(27)18(29-21(25)28)11-14-8-9-17(24(2)3)15(22)10-14/h4-11H,12H2,1-3H3,(H,23,26)/b18-11-. The molecule has 0 radical (unpaired) electrons. The number of carbonyl (C=O) groups excluding carboxylic acids is 3. The molecular formula is C21H20BrN3O3S. The lowest BCUT2D eigenvalue weighted by molar-refractivity contribution is -0.127. The molecule has 0 unspecified atom stereocenters. The first-order valence-corrected chi connectivity index (χ1v) is 10.4. The average molecular weight is 474 g/mol. The van der Waals surface area contributed by atoms with Crippen molar-refractivity contribution in [3.8, 4) is 0 Å². The van der Waals surface area contributed by atoms with Gasteiger partial charge in [-0.25, -0.2) is 0 Å². The van der Waals surface area contributed by atoms with E-state index < -0.39 is 17.1 Å². The van der Waals surface area contributed by atoms with Gasteiger partial charge < -0.3 is 10.2 Å². The van der Waals surface area contributed by atoms with Crippen molar-refractivity contribution in [2.45, 2.75) is 6.92 Å².